The molecule has 2 N–H and O–H groups in total. The topological polar surface area (TPSA) is 38.9 Å². The molecule has 2 rings (SSSR count). The van der Waals surface area contributed by atoms with Gasteiger partial charge in [0.25, 0.3) is 0 Å². The monoisotopic (exact) mass is 222 g/mol. The second-order valence-corrected chi connectivity index (χ2v) is 5.02. The number of thioether (sulfide) groups is 1. The van der Waals surface area contributed by atoms with Crippen LogP contribution in [0.25, 0.3) is 0 Å². The lowest BCUT2D eigenvalue weighted by Crippen LogP contribution is -1.86. The van der Waals surface area contributed by atoms with Crippen LogP contribution in [-0.4, -0.2) is 4.98 Å². The van der Waals surface area contributed by atoms with Gasteiger partial charge in [-0.1, -0.05) is 12.1 Å². The van der Waals surface area contributed by atoms with Crippen LogP contribution in [0.15, 0.2) is 40.2 Å². The van der Waals surface area contributed by atoms with Gasteiger partial charge >= 0.3 is 0 Å². The molecule has 0 bridgehead atoms. The normalized spacial score (nSPS) is 10.3. The number of benzene rings is 1. The van der Waals surface area contributed by atoms with E-state index in [2.05, 4.69) is 11.1 Å². The molecule has 2 nitrogen and oxygen atoms in total. The van der Waals surface area contributed by atoms with Crippen molar-refractivity contribution in [1.29, 1.82) is 0 Å². The lowest BCUT2D eigenvalue weighted by atomic mass is 10.2. The van der Waals surface area contributed by atoms with Crippen molar-refractivity contribution < 1.29 is 0 Å². The van der Waals surface area contributed by atoms with Crippen LogP contribution in [0.1, 0.15) is 5.56 Å². The summed E-state index contributed by atoms with van der Waals surface area (Å²) in [4.78, 5) is 4.03. The SMILES string of the molecule is Nc1cccc(CSc2cncs2)c1. The minimum Gasteiger partial charge on any atom is -0.399 e. The smallest absolute Gasteiger partial charge is 0.0803 e. The molecule has 1 heterocycles. The van der Waals surface area contributed by atoms with Gasteiger partial charge in [0, 0.05) is 11.4 Å². The van der Waals surface area contributed by atoms with E-state index in [0.717, 1.165) is 11.4 Å². The first-order valence-corrected chi connectivity index (χ1v) is 6.07. The summed E-state index contributed by atoms with van der Waals surface area (Å²) in [6, 6.07) is 7.98. The van der Waals surface area contributed by atoms with Crippen LogP contribution in [0.4, 0.5) is 5.69 Å². The maximum absolute atomic E-state index is 5.69. The van der Waals surface area contributed by atoms with Gasteiger partial charge in [-0.05, 0) is 17.7 Å². The maximum Gasteiger partial charge on any atom is 0.0803 e. The third-order valence-corrected chi connectivity index (χ3v) is 3.82. The van der Waals surface area contributed by atoms with Crippen molar-refractivity contribution in [3.63, 3.8) is 0 Å². The van der Waals surface area contributed by atoms with E-state index in [1.165, 1.54) is 9.77 Å². The van der Waals surface area contributed by atoms with Gasteiger partial charge in [0.15, 0.2) is 0 Å². The summed E-state index contributed by atoms with van der Waals surface area (Å²) in [5, 5.41) is 0. The Kier molecular flexibility index (Phi) is 3.06. The van der Waals surface area contributed by atoms with Crippen molar-refractivity contribution in [3.05, 3.63) is 41.5 Å². The summed E-state index contributed by atoms with van der Waals surface area (Å²) >= 11 is 3.46. The fourth-order valence-corrected chi connectivity index (χ4v) is 2.66. The van der Waals surface area contributed by atoms with Gasteiger partial charge in [-0.25, -0.2) is 0 Å². The Balaban J connectivity index is 1.98. The van der Waals surface area contributed by atoms with E-state index in [1.54, 1.807) is 23.1 Å². The molecule has 0 unspecified atom stereocenters. The van der Waals surface area contributed by atoms with E-state index >= 15 is 0 Å². The highest BCUT2D eigenvalue weighted by atomic mass is 32.2. The Morgan fingerprint density at radius 3 is 3.07 bits per heavy atom. The van der Waals surface area contributed by atoms with Crippen LogP contribution in [0.3, 0.4) is 0 Å². The molecule has 1 aromatic carbocycles. The quantitative estimate of drug-likeness (QED) is 0.641. The fraction of sp³-hybridized carbons (Fsp3) is 0.100. The van der Waals surface area contributed by atoms with Gasteiger partial charge < -0.3 is 5.73 Å². The van der Waals surface area contributed by atoms with E-state index in [0.29, 0.717) is 0 Å². The molecule has 4 heteroatoms. The molecule has 0 radical (unpaired) electrons. The Hall–Kier alpha value is -1.00. The Morgan fingerprint density at radius 1 is 1.43 bits per heavy atom. The van der Waals surface area contributed by atoms with Crippen molar-refractivity contribution in [2.45, 2.75) is 9.96 Å². The lowest BCUT2D eigenvalue weighted by Gasteiger charge is -2.00. The Morgan fingerprint density at radius 2 is 2.36 bits per heavy atom. The number of nitrogen functional groups attached to an aromatic ring is 1. The number of hydrogen-bond donors (Lipinski definition) is 1. The van der Waals surface area contributed by atoms with E-state index in [4.69, 9.17) is 5.73 Å². The number of hydrogen-bond acceptors (Lipinski definition) is 4. The number of thiazole rings is 1. The van der Waals surface area contributed by atoms with E-state index in [9.17, 15) is 0 Å². The summed E-state index contributed by atoms with van der Waals surface area (Å²) in [5.74, 6) is 0.952. The number of rotatable bonds is 3. The molecular formula is C10H10N2S2. The molecule has 14 heavy (non-hydrogen) atoms. The summed E-state index contributed by atoms with van der Waals surface area (Å²) in [6.07, 6.45) is 1.89. The zero-order valence-corrected chi connectivity index (χ0v) is 9.15. The predicted molar refractivity (Wildman–Crippen MR) is 62.5 cm³/mol. The van der Waals surface area contributed by atoms with Crippen LogP contribution in [0.5, 0.6) is 0 Å². The molecule has 1 aromatic heterocycles. The largest absolute Gasteiger partial charge is 0.399 e. The zero-order chi connectivity index (χ0) is 9.80. The molecule has 0 aliphatic heterocycles. The van der Waals surface area contributed by atoms with Crippen LogP contribution in [-0.2, 0) is 5.75 Å². The molecule has 0 saturated heterocycles. The Bertz CT molecular complexity index is 398. The average molecular weight is 222 g/mol. The van der Waals surface area contributed by atoms with Crippen LogP contribution in [0.2, 0.25) is 0 Å². The van der Waals surface area contributed by atoms with Gasteiger partial charge in [0.2, 0.25) is 0 Å². The highest BCUT2D eigenvalue weighted by Gasteiger charge is 1.97. The van der Waals surface area contributed by atoms with Gasteiger partial charge in [-0.2, -0.15) is 0 Å². The average Bonchev–Trinajstić information content (AvgIpc) is 2.67. The van der Waals surface area contributed by atoms with Crippen LogP contribution >= 0.6 is 23.1 Å². The van der Waals surface area contributed by atoms with E-state index in [1.807, 2.05) is 29.9 Å². The zero-order valence-electron chi connectivity index (χ0n) is 7.51. The minimum atomic E-state index is 0.826. The molecule has 72 valence electrons. The summed E-state index contributed by atoms with van der Waals surface area (Å²) in [5.41, 5.74) is 9.62. The van der Waals surface area contributed by atoms with Crippen LogP contribution in [0, 0.1) is 0 Å². The van der Waals surface area contributed by atoms with E-state index < -0.39 is 0 Å². The van der Waals surface area contributed by atoms with Crippen molar-refractivity contribution in [2.75, 3.05) is 5.73 Å². The molecule has 0 saturated carbocycles. The molecule has 0 aliphatic carbocycles. The molecule has 0 aliphatic rings. The molecule has 0 fully saturated rings. The second kappa shape index (κ2) is 4.48. The van der Waals surface area contributed by atoms with Gasteiger partial charge in [0.05, 0.1) is 15.9 Å². The first-order chi connectivity index (χ1) is 6.84. The van der Waals surface area contributed by atoms with Gasteiger partial charge in [-0.3, -0.25) is 4.98 Å². The highest BCUT2D eigenvalue weighted by molar-refractivity contribution is 8.00. The summed E-state index contributed by atoms with van der Waals surface area (Å²) in [6.45, 7) is 0. The molecule has 0 atom stereocenters. The minimum absolute atomic E-state index is 0.826. The van der Waals surface area contributed by atoms with Crippen molar-refractivity contribution in [3.8, 4) is 0 Å². The molecule has 2 aromatic rings. The number of nitrogens with zero attached hydrogens (tertiary/aromatic N) is 1. The second-order valence-electron chi connectivity index (χ2n) is 2.85. The standard InChI is InChI=1S/C10H10N2S2/c11-9-3-1-2-8(4-9)6-13-10-5-12-7-14-10/h1-5,7H,6,11H2. The predicted octanol–water partition coefficient (Wildman–Crippen LogP) is 3.02. The van der Waals surface area contributed by atoms with Crippen molar-refractivity contribution in [2.24, 2.45) is 0 Å². The maximum atomic E-state index is 5.69. The summed E-state index contributed by atoms with van der Waals surface area (Å²) < 4.78 is 1.24. The number of aromatic nitrogens is 1. The van der Waals surface area contributed by atoms with Crippen LogP contribution < -0.4 is 5.73 Å². The Labute approximate surface area is 91.2 Å². The number of anilines is 1. The fourth-order valence-electron chi connectivity index (χ4n) is 1.11. The van der Waals surface area contributed by atoms with Gasteiger partial charge in [-0.15, -0.1) is 23.1 Å². The van der Waals surface area contributed by atoms with Crippen molar-refractivity contribution in [1.82, 2.24) is 4.98 Å². The molecule has 0 amide bonds. The third kappa shape index (κ3) is 2.49. The summed E-state index contributed by atoms with van der Waals surface area (Å²) in [7, 11) is 0. The lowest BCUT2D eigenvalue weighted by molar-refractivity contribution is 1.36. The van der Waals surface area contributed by atoms with E-state index in [-0.39, 0.29) is 0 Å². The first-order valence-electron chi connectivity index (χ1n) is 4.20. The van der Waals surface area contributed by atoms with Crippen molar-refractivity contribution >= 4 is 28.8 Å². The van der Waals surface area contributed by atoms with Gasteiger partial charge in [0.1, 0.15) is 0 Å². The highest BCUT2D eigenvalue weighted by Crippen LogP contribution is 2.26. The number of nitrogens with two attached hydrogens (primary N) is 1. The third-order valence-electron chi connectivity index (χ3n) is 1.74. The molecular weight excluding hydrogens is 212 g/mol. The first kappa shape index (κ1) is 9.55. The molecule has 0 spiro atoms.